The van der Waals surface area contributed by atoms with Crippen LogP contribution in [-0.2, 0) is 0 Å². The minimum absolute atomic E-state index is 0.410. The predicted octanol–water partition coefficient (Wildman–Crippen LogP) is 2.70. The van der Waals surface area contributed by atoms with Crippen molar-refractivity contribution in [2.45, 2.75) is 45.6 Å². The van der Waals surface area contributed by atoms with Crippen molar-refractivity contribution >= 4 is 23.0 Å². The van der Waals surface area contributed by atoms with Gasteiger partial charge in [-0.1, -0.05) is 18.6 Å². The number of piperidine rings is 1. The second kappa shape index (κ2) is 7.71. The molecule has 0 aromatic carbocycles. The number of hydrogen-bond acceptors (Lipinski definition) is 4. The van der Waals surface area contributed by atoms with E-state index in [1.807, 2.05) is 13.0 Å². The fourth-order valence-electron chi connectivity index (χ4n) is 2.98. The third kappa shape index (κ3) is 4.38. The fourth-order valence-corrected chi connectivity index (χ4v) is 3.24. The summed E-state index contributed by atoms with van der Waals surface area (Å²) >= 11 is 5.12. The lowest BCUT2D eigenvalue weighted by molar-refractivity contribution is 0.160. The monoisotopic (exact) mass is 306 g/mol. The highest BCUT2D eigenvalue weighted by molar-refractivity contribution is 7.80. The second-order valence-electron chi connectivity index (χ2n) is 5.88. The number of aryl methyl sites for hydroxylation is 1. The van der Waals surface area contributed by atoms with Crippen LogP contribution in [0.5, 0.6) is 0 Å². The van der Waals surface area contributed by atoms with Gasteiger partial charge in [-0.3, -0.25) is 0 Å². The summed E-state index contributed by atoms with van der Waals surface area (Å²) in [6.07, 6.45) is 6.95. The minimum Gasteiger partial charge on any atom is -0.389 e. The van der Waals surface area contributed by atoms with Gasteiger partial charge in [-0.05, 0) is 51.3 Å². The highest BCUT2D eigenvalue weighted by Crippen LogP contribution is 2.18. The lowest BCUT2D eigenvalue weighted by Crippen LogP contribution is -2.38. The molecule has 0 spiro atoms. The highest BCUT2D eigenvalue weighted by atomic mass is 32.1. The molecule has 116 valence electrons. The SMILES string of the molecule is Cc1ccnc(NCCCN2CCCCC2C)c1C(N)=S. The molecule has 1 aliphatic heterocycles. The topological polar surface area (TPSA) is 54.2 Å². The van der Waals surface area contributed by atoms with Gasteiger partial charge in [0.25, 0.3) is 0 Å². The van der Waals surface area contributed by atoms with Crippen LogP contribution < -0.4 is 11.1 Å². The molecule has 0 amide bonds. The van der Waals surface area contributed by atoms with E-state index >= 15 is 0 Å². The zero-order valence-corrected chi connectivity index (χ0v) is 13.9. The van der Waals surface area contributed by atoms with E-state index in [4.69, 9.17) is 18.0 Å². The first-order valence-corrected chi connectivity index (χ1v) is 8.23. The molecule has 0 bridgehead atoms. The Kier molecular flexibility index (Phi) is 5.94. The summed E-state index contributed by atoms with van der Waals surface area (Å²) < 4.78 is 0. The third-order valence-electron chi connectivity index (χ3n) is 4.26. The molecule has 1 aromatic heterocycles. The lowest BCUT2D eigenvalue weighted by atomic mass is 10.0. The van der Waals surface area contributed by atoms with Crippen LogP contribution in [0.2, 0.25) is 0 Å². The van der Waals surface area contributed by atoms with Gasteiger partial charge in [-0.15, -0.1) is 0 Å². The molecular formula is C16H26N4S. The standard InChI is InChI=1S/C16H26N4S/c1-12-7-9-19-16(14(12)15(17)21)18-8-5-11-20-10-4-3-6-13(20)2/h7,9,13H,3-6,8,10-11H2,1-2H3,(H2,17,21)(H,18,19). The van der Waals surface area contributed by atoms with Crippen LogP contribution >= 0.6 is 12.2 Å². The quantitative estimate of drug-likeness (QED) is 0.625. The van der Waals surface area contributed by atoms with Crippen LogP contribution in [0.3, 0.4) is 0 Å². The molecule has 1 aromatic rings. The largest absolute Gasteiger partial charge is 0.389 e. The van der Waals surface area contributed by atoms with Crippen molar-refractivity contribution in [3.63, 3.8) is 0 Å². The van der Waals surface area contributed by atoms with E-state index in [1.165, 1.54) is 25.8 Å². The molecule has 1 fully saturated rings. The van der Waals surface area contributed by atoms with Crippen molar-refractivity contribution in [2.75, 3.05) is 25.0 Å². The van der Waals surface area contributed by atoms with Gasteiger partial charge in [-0.25, -0.2) is 4.98 Å². The Labute approximate surface area is 133 Å². The number of likely N-dealkylation sites (tertiary alicyclic amines) is 1. The molecule has 4 nitrogen and oxygen atoms in total. The van der Waals surface area contributed by atoms with Gasteiger partial charge < -0.3 is 16.0 Å². The summed E-state index contributed by atoms with van der Waals surface area (Å²) in [5, 5.41) is 3.38. The van der Waals surface area contributed by atoms with Crippen LogP contribution in [0.25, 0.3) is 0 Å². The molecular weight excluding hydrogens is 280 g/mol. The van der Waals surface area contributed by atoms with E-state index in [9.17, 15) is 0 Å². The van der Waals surface area contributed by atoms with E-state index < -0.39 is 0 Å². The number of rotatable bonds is 6. The molecule has 21 heavy (non-hydrogen) atoms. The smallest absolute Gasteiger partial charge is 0.136 e. The maximum absolute atomic E-state index is 5.80. The zero-order chi connectivity index (χ0) is 15.2. The van der Waals surface area contributed by atoms with Gasteiger partial charge in [0.1, 0.15) is 10.8 Å². The van der Waals surface area contributed by atoms with Crippen molar-refractivity contribution in [3.8, 4) is 0 Å². The van der Waals surface area contributed by atoms with E-state index in [-0.39, 0.29) is 0 Å². The molecule has 1 atom stereocenters. The molecule has 2 rings (SSSR count). The van der Waals surface area contributed by atoms with E-state index in [0.717, 1.165) is 42.5 Å². The second-order valence-corrected chi connectivity index (χ2v) is 6.32. The first-order valence-electron chi connectivity index (χ1n) is 7.83. The van der Waals surface area contributed by atoms with Crippen LogP contribution in [0.15, 0.2) is 12.3 Å². The van der Waals surface area contributed by atoms with Gasteiger partial charge >= 0.3 is 0 Å². The van der Waals surface area contributed by atoms with Crippen LogP contribution in [-0.4, -0.2) is 40.5 Å². The molecule has 0 saturated carbocycles. The summed E-state index contributed by atoms with van der Waals surface area (Å²) in [4.78, 5) is 7.36. The van der Waals surface area contributed by atoms with Gasteiger partial charge in [0, 0.05) is 25.3 Å². The molecule has 0 radical (unpaired) electrons. The Hall–Kier alpha value is -1.20. The third-order valence-corrected chi connectivity index (χ3v) is 4.46. The van der Waals surface area contributed by atoms with Crippen molar-refractivity contribution in [1.29, 1.82) is 0 Å². The van der Waals surface area contributed by atoms with E-state index in [2.05, 4.69) is 22.1 Å². The van der Waals surface area contributed by atoms with E-state index in [1.54, 1.807) is 6.20 Å². The summed E-state index contributed by atoms with van der Waals surface area (Å²) in [6.45, 7) is 7.62. The number of thiocarbonyl (C=S) groups is 1. The summed E-state index contributed by atoms with van der Waals surface area (Å²) in [6, 6.07) is 2.66. The number of pyridine rings is 1. The lowest BCUT2D eigenvalue weighted by Gasteiger charge is -2.33. The van der Waals surface area contributed by atoms with Crippen molar-refractivity contribution in [1.82, 2.24) is 9.88 Å². The molecule has 2 heterocycles. The number of nitrogens with two attached hydrogens (primary N) is 1. The summed E-state index contributed by atoms with van der Waals surface area (Å²) in [5.74, 6) is 0.814. The van der Waals surface area contributed by atoms with Crippen LogP contribution in [0, 0.1) is 6.92 Å². The number of nitrogens with one attached hydrogen (secondary N) is 1. The molecule has 3 N–H and O–H groups in total. The first-order chi connectivity index (χ1) is 10.1. The van der Waals surface area contributed by atoms with Gasteiger partial charge in [-0.2, -0.15) is 0 Å². The Morgan fingerprint density at radius 3 is 3.05 bits per heavy atom. The molecule has 5 heteroatoms. The van der Waals surface area contributed by atoms with Crippen molar-refractivity contribution in [2.24, 2.45) is 5.73 Å². The summed E-state index contributed by atoms with van der Waals surface area (Å²) in [5.41, 5.74) is 7.75. The normalized spacial score (nSPS) is 19.4. The summed E-state index contributed by atoms with van der Waals surface area (Å²) in [7, 11) is 0. The number of aromatic nitrogens is 1. The zero-order valence-electron chi connectivity index (χ0n) is 13.1. The molecule has 0 aliphatic carbocycles. The van der Waals surface area contributed by atoms with Crippen LogP contribution in [0.1, 0.15) is 43.7 Å². The number of anilines is 1. The molecule has 1 aliphatic rings. The van der Waals surface area contributed by atoms with Gasteiger partial charge in [0.05, 0.1) is 5.56 Å². The average molecular weight is 306 g/mol. The van der Waals surface area contributed by atoms with Crippen LogP contribution in [0.4, 0.5) is 5.82 Å². The first kappa shape index (κ1) is 16.2. The average Bonchev–Trinajstić information content (AvgIpc) is 2.45. The Balaban J connectivity index is 1.84. The van der Waals surface area contributed by atoms with E-state index in [0.29, 0.717) is 4.99 Å². The molecule has 1 saturated heterocycles. The Morgan fingerprint density at radius 2 is 2.33 bits per heavy atom. The Bertz CT molecular complexity index is 489. The highest BCUT2D eigenvalue weighted by Gasteiger charge is 2.17. The van der Waals surface area contributed by atoms with Crippen molar-refractivity contribution < 1.29 is 0 Å². The maximum Gasteiger partial charge on any atom is 0.136 e. The predicted molar refractivity (Wildman–Crippen MR) is 92.9 cm³/mol. The Morgan fingerprint density at radius 1 is 1.52 bits per heavy atom. The van der Waals surface area contributed by atoms with Gasteiger partial charge in [0.2, 0.25) is 0 Å². The fraction of sp³-hybridized carbons (Fsp3) is 0.625. The molecule has 1 unspecified atom stereocenters. The van der Waals surface area contributed by atoms with Gasteiger partial charge in [0.15, 0.2) is 0 Å². The van der Waals surface area contributed by atoms with Crippen molar-refractivity contribution in [3.05, 3.63) is 23.4 Å². The number of nitrogens with zero attached hydrogens (tertiary/aromatic N) is 2. The maximum atomic E-state index is 5.80. The minimum atomic E-state index is 0.410. The number of hydrogen-bond donors (Lipinski definition) is 2.